The van der Waals surface area contributed by atoms with Crippen LogP contribution in [-0.4, -0.2) is 93.9 Å². The molecule has 13 heteroatoms. The summed E-state index contributed by atoms with van der Waals surface area (Å²) in [6, 6.07) is -0.472. The summed E-state index contributed by atoms with van der Waals surface area (Å²) in [5.41, 5.74) is -0.611. The first-order valence-electron chi connectivity index (χ1n) is 15.8. The minimum Gasteiger partial charge on any atom is -0.490 e. The van der Waals surface area contributed by atoms with Gasteiger partial charge in [-0.3, -0.25) is 4.79 Å². The molecule has 12 nitrogen and oxygen atoms in total. The molecule has 2 aromatic rings. The minimum absolute atomic E-state index is 0.124. The largest absolute Gasteiger partial charge is 0.490 e. The van der Waals surface area contributed by atoms with E-state index in [0.29, 0.717) is 61.2 Å². The van der Waals surface area contributed by atoms with Crippen LogP contribution in [0, 0.1) is 11.8 Å². The van der Waals surface area contributed by atoms with Crippen molar-refractivity contribution >= 4 is 35.5 Å². The lowest BCUT2D eigenvalue weighted by molar-refractivity contribution is -0.135. The number of carbonyl (C=O) groups is 2. The number of halogens is 1. The van der Waals surface area contributed by atoms with Crippen molar-refractivity contribution < 1.29 is 19.1 Å². The number of aromatic nitrogens is 4. The number of alkyl carbamates (subject to hydrolysis) is 1. The van der Waals surface area contributed by atoms with Crippen LogP contribution in [0.5, 0.6) is 5.75 Å². The highest BCUT2D eigenvalue weighted by molar-refractivity contribution is 6.30. The molecule has 3 fully saturated rings. The molecule has 1 unspecified atom stereocenters. The second-order valence-corrected chi connectivity index (χ2v) is 13.6. The number of anilines is 2. The molecule has 5 heterocycles. The van der Waals surface area contributed by atoms with Crippen LogP contribution in [0.4, 0.5) is 16.7 Å². The number of likely N-dealkylation sites (tertiary alicyclic amines) is 1. The maximum atomic E-state index is 12.8. The van der Waals surface area contributed by atoms with Gasteiger partial charge in [-0.05, 0) is 64.7 Å². The fourth-order valence-electron chi connectivity index (χ4n) is 6.33. The van der Waals surface area contributed by atoms with Gasteiger partial charge in [0.15, 0.2) is 5.75 Å². The fourth-order valence-corrected chi connectivity index (χ4v) is 6.42. The van der Waals surface area contributed by atoms with Crippen molar-refractivity contribution in [3.8, 4) is 5.75 Å². The van der Waals surface area contributed by atoms with Crippen LogP contribution in [-0.2, 0) is 9.53 Å². The topological polar surface area (TPSA) is 126 Å². The van der Waals surface area contributed by atoms with Crippen molar-refractivity contribution in [1.82, 2.24) is 30.2 Å². The third-order valence-corrected chi connectivity index (χ3v) is 8.92. The molecule has 0 saturated carbocycles. The van der Waals surface area contributed by atoms with E-state index in [-0.39, 0.29) is 18.0 Å². The highest BCUT2D eigenvalue weighted by atomic mass is 35.5. The van der Waals surface area contributed by atoms with E-state index in [1.807, 2.05) is 30.6 Å². The molecule has 0 spiro atoms. The van der Waals surface area contributed by atoms with Gasteiger partial charge in [0.05, 0.1) is 48.5 Å². The van der Waals surface area contributed by atoms with Gasteiger partial charge >= 0.3 is 6.09 Å². The van der Waals surface area contributed by atoms with E-state index in [2.05, 4.69) is 37.1 Å². The van der Waals surface area contributed by atoms with Gasteiger partial charge in [-0.1, -0.05) is 18.5 Å². The highest BCUT2D eigenvalue weighted by Crippen LogP contribution is 2.29. The van der Waals surface area contributed by atoms with Gasteiger partial charge in [0.1, 0.15) is 5.60 Å². The van der Waals surface area contributed by atoms with E-state index in [1.54, 1.807) is 24.8 Å². The Morgan fingerprint density at radius 2 is 1.66 bits per heavy atom. The Kier molecular flexibility index (Phi) is 10.3. The van der Waals surface area contributed by atoms with Crippen LogP contribution in [0.25, 0.3) is 0 Å². The summed E-state index contributed by atoms with van der Waals surface area (Å²) in [7, 11) is 0. The first kappa shape index (κ1) is 32.0. The average molecular weight is 629 g/mol. The number of hydrogen-bond donors (Lipinski definition) is 1. The highest BCUT2D eigenvalue weighted by Gasteiger charge is 2.41. The smallest absolute Gasteiger partial charge is 0.408 e. The molecule has 0 bridgehead atoms. The number of nitrogens with zero attached hydrogens (tertiary/aromatic N) is 7. The lowest BCUT2D eigenvalue weighted by Gasteiger charge is -2.35. The Balaban J connectivity index is 1.11. The van der Waals surface area contributed by atoms with Crippen LogP contribution in [0.3, 0.4) is 0 Å². The van der Waals surface area contributed by atoms with Crippen LogP contribution in [0.1, 0.15) is 66.2 Å². The summed E-state index contributed by atoms with van der Waals surface area (Å²) < 4.78 is 11.5. The predicted molar refractivity (Wildman–Crippen MR) is 168 cm³/mol. The third kappa shape index (κ3) is 8.40. The van der Waals surface area contributed by atoms with E-state index in [1.165, 1.54) is 0 Å². The van der Waals surface area contributed by atoms with E-state index in [4.69, 9.17) is 21.1 Å². The third-order valence-electron chi connectivity index (χ3n) is 8.72. The van der Waals surface area contributed by atoms with Crippen molar-refractivity contribution in [3.63, 3.8) is 0 Å². The summed E-state index contributed by atoms with van der Waals surface area (Å²) in [4.78, 5) is 49.4. The Morgan fingerprint density at radius 3 is 2.32 bits per heavy atom. The second kappa shape index (κ2) is 14.1. The SMILES string of the molecule is CC(CCOc1cnc(N2C[C@H](NC(=O)OC(C)(C)C)[C@@H](N3CCCCC3=O)C2)nc1)C1CCN(c2ncc(Cl)cn2)CC1. The average Bonchev–Trinajstić information content (AvgIpc) is 3.40. The van der Waals surface area contributed by atoms with E-state index in [9.17, 15) is 9.59 Å². The van der Waals surface area contributed by atoms with Crippen molar-refractivity contribution in [2.24, 2.45) is 11.8 Å². The zero-order valence-corrected chi connectivity index (χ0v) is 27.0. The molecular weight excluding hydrogens is 584 g/mol. The molecule has 44 heavy (non-hydrogen) atoms. The molecule has 5 rings (SSSR count). The summed E-state index contributed by atoms with van der Waals surface area (Å²) >= 11 is 5.92. The molecule has 3 aliphatic heterocycles. The number of nitrogens with one attached hydrogen (secondary N) is 1. The molecule has 0 aromatic carbocycles. The first-order valence-corrected chi connectivity index (χ1v) is 16.1. The quantitative estimate of drug-likeness (QED) is 0.429. The van der Waals surface area contributed by atoms with E-state index in [0.717, 1.165) is 51.1 Å². The number of amides is 2. The van der Waals surface area contributed by atoms with Crippen molar-refractivity contribution in [2.75, 3.05) is 49.1 Å². The Hall–Kier alpha value is -3.41. The van der Waals surface area contributed by atoms with Crippen molar-refractivity contribution in [1.29, 1.82) is 0 Å². The maximum absolute atomic E-state index is 12.8. The van der Waals surface area contributed by atoms with Gasteiger partial charge in [-0.25, -0.2) is 24.7 Å². The molecule has 3 aliphatic rings. The van der Waals surface area contributed by atoms with E-state index < -0.39 is 11.7 Å². The van der Waals surface area contributed by atoms with Crippen LogP contribution in [0.15, 0.2) is 24.8 Å². The second-order valence-electron chi connectivity index (χ2n) is 13.1. The van der Waals surface area contributed by atoms with E-state index >= 15 is 0 Å². The molecule has 3 atom stereocenters. The molecule has 0 aliphatic carbocycles. The number of ether oxygens (including phenoxy) is 2. The van der Waals surface area contributed by atoms with Gasteiger partial charge < -0.3 is 29.5 Å². The van der Waals surface area contributed by atoms with Gasteiger partial charge in [0, 0.05) is 39.1 Å². The summed E-state index contributed by atoms with van der Waals surface area (Å²) in [6.07, 6.45) is 11.7. The van der Waals surface area contributed by atoms with Crippen LogP contribution < -0.4 is 19.9 Å². The number of rotatable bonds is 9. The summed E-state index contributed by atoms with van der Waals surface area (Å²) in [5.74, 6) is 3.19. The van der Waals surface area contributed by atoms with Crippen molar-refractivity contribution in [2.45, 2.75) is 83.9 Å². The molecule has 2 aromatic heterocycles. The fraction of sp³-hybridized carbons (Fsp3) is 0.677. The first-order chi connectivity index (χ1) is 21.1. The number of piperidine rings is 2. The standard InChI is InChI=1S/C31H45ClN8O4/c1-21(22-8-12-38(13-9-22)28-33-15-23(32)16-34-28)10-14-43-24-17-35-29(36-18-24)39-19-25(37-30(42)44-31(2,3)4)26(20-39)40-11-6-5-7-27(40)41/h15-18,21-22,25-26H,5-14,19-20H2,1-4H3,(H,37,42)/t21?,25-,26-/m0/s1. The number of hydrogen-bond acceptors (Lipinski definition) is 10. The lowest BCUT2D eigenvalue weighted by atomic mass is 9.84. The van der Waals surface area contributed by atoms with Gasteiger partial charge in [0.25, 0.3) is 0 Å². The lowest BCUT2D eigenvalue weighted by Crippen LogP contribution is -2.54. The van der Waals surface area contributed by atoms with Crippen molar-refractivity contribution in [3.05, 3.63) is 29.8 Å². The Morgan fingerprint density at radius 1 is 1.00 bits per heavy atom. The van der Waals surface area contributed by atoms with Gasteiger partial charge in [-0.15, -0.1) is 0 Å². The zero-order chi connectivity index (χ0) is 31.3. The normalized spacial score (nSPS) is 22.2. The van der Waals surface area contributed by atoms with Crippen LogP contribution in [0.2, 0.25) is 5.02 Å². The monoisotopic (exact) mass is 628 g/mol. The summed E-state index contributed by atoms with van der Waals surface area (Å²) in [5, 5.41) is 3.55. The summed E-state index contributed by atoms with van der Waals surface area (Å²) in [6.45, 7) is 12.0. The zero-order valence-electron chi connectivity index (χ0n) is 26.2. The van der Waals surface area contributed by atoms with Gasteiger partial charge in [0.2, 0.25) is 17.8 Å². The molecule has 2 amide bonds. The Bertz CT molecular complexity index is 1250. The minimum atomic E-state index is -0.611. The molecule has 240 valence electrons. The molecule has 3 saturated heterocycles. The Labute approximate surface area is 264 Å². The molecular formula is C31H45ClN8O4. The number of carbonyl (C=O) groups excluding carboxylic acids is 2. The van der Waals surface area contributed by atoms with Crippen LogP contribution >= 0.6 is 11.6 Å². The predicted octanol–water partition coefficient (Wildman–Crippen LogP) is 4.34. The van der Waals surface area contributed by atoms with Gasteiger partial charge in [-0.2, -0.15) is 0 Å². The molecule has 0 radical (unpaired) electrons. The molecule has 1 N–H and O–H groups in total. The maximum Gasteiger partial charge on any atom is 0.408 e.